The number of nitrogens with zero attached hydrogens (tertiary/aromatic N) is 3. The van der Waals surface area contributed by atoms with Crippen LogP contribution in [0.25, 0.3) is 5.70 Å². The molecule has 1 aromatic heterocycles. The quantitative estimate of drug-likeness (QED) is 0.356. The van der Waals surface area contributed by atoms with E-state index in [4.69, 9.17) is 16.5 Å². The fraction of sp³-hybridized carbons (Fsp3) is 0.500. The molecule has 3 rings (SSSR count). The molecule has 0 saturated carbocycles. The lowest BCUT2D eigenvalue weighted by Crippen LogP contribution is -2.24. The van der Waals surface area contributed by atoms with E-state index in [0.717, 1.165) is 36.6 Å². The number of benzene rings is 1. The van der Waals surface area contributed by atoms with E-state index >= 15 is 0 Å². The predicted octanol–water partition coefficient (Wildman–Crippen LogP) is 4.64. The Hall–Kier alpha value is -2.65. The van der Waals surface area contributed by atoms with Crippen LogP contribution < -0.4 is 11.6 Å². The number of rotatable bonds is 7. The minimum absolute atomic E-state index is 0.0384. The van der Waals surface area contributed by atoms with Crippen LogP contribution in [0.4, 0.5) is 13.2 Å². The van der Waals surface area contributed by atoms with Crippen molar-refractivity contribution in [3.63, 3.8) is 0 Å². The molecule has 0 spiro atoms. The Bertz CT molecular complexity index is 1050. The SMILES string of the molecule is C=C(N=C(ON)c1nn(CC)c2c1CCC(C)(C)C2)c1ccc(CCCN)cc1C(F)(F)F. The summed E-state index contributed by atoms with van der Waals surface area (Å²) in [4.78, 5) is 9.30. The van der Waals surface area contributed by atoms with Crippen LogP contribution in [0.5, 0.6) is 0 Å². The number of fused-ring (bicyclic) bond motifs is 1. The summed E-state index contributed by atoms with van der Waals surface area (Å²) in [5, 5.41) is 4.62. The zero-order valence-electron chi connectivity index (χ0n) is 19.4. The molecule has 9 heteroatoms. The van der Waals surface area contributed by atoms with E-state index in [1.165, 1.54) is 6.07 Å². The lowest BCUT2D eigenvalue weighted by atomic mass is 9.76. The number of hydrogen-bond acceptors (Lipinski definition) is 5. The van der Waals surface area contributed by atoms with E-state index in [1.807, 2.05) is 11.6 Å². The maximum atomic E-state index is 13.8. The molecule has 1 aromatic carbocycles. The molecule has 2 aromatic rings. The standard InChI is InChI=1S/C24H32F3N5O/c1-5-32-20-14-23(3,4)11-10-18(20)21(31-32)22(33-29)30-15(2)17-9-8-16(7-6-12-28)13-19(17)24(25,26)27/h8-9,13H,2,5-7,10-12,14,28-29H2,1,3-4H3. The summed E-state index contributed by atoms with van der Waals surface area (Å²) in [7, 11) is 0. The highest BCUT2D eigenvalue weighted by Gasteiger charge is 2.35. The van der Waals surface area contributed by atoms with Crippen LogP contribution in [0.3, 0.4) is 0 Å². The van der Waals surface area contributed by atoms with Crippen LogP contribution >= 0.6 is 0 Å². The number of aromatic nitrogens is 2. The van der Waals surface area contributed by atoms with Gasteiger partial charge in [0.2, 0.25) is 0 Å². The normalized spacial score (nSPS) is 15.9. The average Bonchev–Trinajstić information content (AvgIpc) is 3.11. The molecular weight excluding hydrogens is 431 g/mol. The van der Waals surface area contributed by atoms with E-state index in [0.29, 0.717) is 37.2 Å². The molecule has 6 nitrogen and oxygen atoms in total. The second kappa shape index (κ2) is 9.69. The first-order valence-electron chi connectivity index (χ1n) is 11.1. The summed E-state index contributed by atoms with van der Waals surface area (Å²) in [6.07, 6.45) is -0.957. The van der Waals surface area contributed by atoms with Crippen molar-refractivity contribution < 1.29 is 18.0 Å². The van der Waals surface area contributed by atoms with Gasteiger partial charge in [0.05, 0.1) is 11.3 Å². The molecule has 33 heavy (non-hydrogen) atoms. The Morgan fingerprint density at radius 2 is 2.06 bits per heavy atom. The third kappa shape index (κ3) is 5.47. The minimum Gasteiger partial charge on any atom is -0.389 e. The summed E-state index contributed by atoms with van der Waals surface area (Å²) < 4.78 is 43.3. The van der Waals surface area contributed by atoms with Gasteiger partial charge in [-0.15, -0.1) is 0 Å². The minimum atomic E-state index is -4.56. The van der Waals surface area contributed by atoms with Crippen LogP contribution in [0.1, 0.15) is 67.3 Å². The van der Waals surface area contributed by atoms with Crippen LogP contribution in [-0.2, 0) is 36.8 Å². The number of aliphatic imine (C=N–C) groups is 1. The fourth-order valence-electron chi connectivity index (χ4n) is 4.29. The zero-order chi connectivity index (χ0) is 24.4. The Morgan fingerprint density at radius 1 is 1.33 bits per heavy atom. The molecule has 0 fully saturated rings. The maximum Gasteiger partial charge on any atom is 0.417 e. The second-order valence-electron chi connectivity index (χ2n) is 9.18. The molecule has 0 amide bonds. The van der Waals surface area contributed by atoms with E-state index in [-0.39, 0.29) is 22.6 Å². The number of nitrogens with two attached hydrogens (primary N) is 2. The van der Waals surface area contributed by atoms with Crippen molar-refractivity contribution in [3.8, 4) is 0 Å². The highest BCUT2D eigenvalue weighted by Crippen LogP contribution is 2.38. The van der Waals surface area contributed by atoms with Crippen molar-refractivity contribution in [2.45, 2.75) is 65.6 Å². The number of hydrogen-bond donors (Lipinski definition) is 2. The number of alkyl halides is 3. The van der Waals surface area contributed by atoms with Gasteiger partial charge in [-0.25, -0.2) is 4.99 Å². The first kappa shape index (κ1) is 25.0. The molecule has 0 saturated heterocycles. The number of halogens is 3. The van der Waals surface area contributed by atoms with E-state index in [2.05, 4.69) is 30.5 Å². The molecule has 0 bridgehead atoms. The summed E-state index contributed by atoms with van der Waals surface area (Å²) in [5.74, 6) is 5.48. The largest absolute Gasteiger partial charge is 0.417 e. The van der Waals surface area contributed by atoms with Gasteiger partial charge in [-0.3, -0.25) is 4.68 Å². The topological polar surface area (TPSA) is 91.5 Å². The maximum absolute atomic E-state index is 13.8. The van der Waals surface area contributed by atoms with Crippen molar-refractivity contribution in [2.24, 2.45) is 22.0 Å². The molecule has 0 radical (unpaired) electrons. The van der Waals surface area contributed by atoms with Crippen LogP contribution in [0.15, 0.2) is 29.8 Å². The Kier molecular flexibility index (Phi) is 7.33. The second-order valence-corrected chi connectivity index (χ2v) is 9.18. The van der Waals surface area contributed by atoms with Crippen LogP contribution in [0.2, 0.25) is 0 Å². The molecule has 1 heterocycles. The Labute approximate surface area is 192 Å². The van der Waals surface area contributed by atoms with Crippen LogP contribution in [0, 0.1) is 5.41 Å². The van der Waals surface area contributed by atoms with Gasteiger partial charge < -0.3 is 10.6 Å². The van der Waals surface area contributed by atoms with Gasteiger partial charge in [-0.2, -0.15) is 24.2 Å². The summed E-state index contributed by atoms with van der Waals surface area (Å²) in [6.45, 7) is 11.2. The van der Waals surface area contributed by atoms with Gasteiger partial charge in [0, 0.05) is 23.4 Å². The van der Waals surface area contributed by atoms with Gasteiger partial charge in [0.15, 0.2) is 5.69 Å². The van der Waals surface area contributed by atoms with Crippen molar-refractivity contribution in [3.05, 3.63) is 58.4 Å². The third-order valence-electron chi connectivity index (χ3n) is 6.08. The molecule has 4 N–H and O–H groups in total. The zero-order valence-corrected chi connectivity index (χ0v) is 19.4. The molecule has 0 aliphatic heterocycles. The van der Waals surface area contributed by atoms with Gasteiger partial charge >= 0.3 is 6.18 Å². The monoisotopic (exact) mass is 463 g/mol. The van der Waals surface area contributed by atoms with E-state index in [1.54, 1.807) is 6.07 Å². The lowest BCUT2D eigenvalue weighted by Gasteiger charge is -2.30. The van der Waals surface area contributed by atoms with E-state index < -0.39 is 11.7 Å². The van der Waals surface area contributed by atoms with Gasteiger partial charge in [-0.1, -0.05) is 32.6 Å². The van der Waals surface area contributed by atoms with Crippen molar-refractivity contribution in [1.82, 2.24) is 9.78 Å². The summed E-state index contributed by atoms with van der Waals surface area (Å²) in [5.41, 5.74) is 7.68. The molecule has 0 atom stereocenters. The summed E-state index contributed by atoms with van der Waals surface area (Å²) in [6, 6.07) is 4.15. The van der Waals surface area contributed by atoms with Crippen LogP contribution in [-0.4, -0.2) is 22.2 Å². The predicted molar refractivity (Wildman–Crippen MR) is 123 cm³/mol. The van der Waals surface area contributed by atoms with Crippen molar-refractivity contribution in [2.75, 3.05) is 6.54 Å². The Balaban J connectivity index is 2.03. The van der Waals surface area contributed by atoms with E-state index in [9.17, 15) is 13.2 Å². The first-order chi connectivity index (χ1) is 15.5. The Morgan fingerprint density at radius 3 is 2.67 bits per heavy atom. The van der Waals surface area contributed by atoms with Gasteiger partial charge in [-0.05, 0) is 62.6 Å². The lowest BCUT2D eigenvalue weighted by molar-refractivity contribution is -0.137. The highest BCUT2D eigenvalue weighted by atomic mass is 19.4. The van der Waals surface area contributed by atoms with Gasteiger partial charge in [0.25, 0.3) is 5.90 Å². The molecular formula is C24H32F3N5O. The number of aryl methyl sites for hydroxylation is 2. The van der Waals surface area contributed by atoms with Gasteiger partial charge in [0.1, 0.15) is 0 Å². The average molecular weight is 464 g/mol. The first-order valence-corrected chi connectivity index (χ1v) is 11.1. The molecule has 1 aliphatic rings. The summed E-state index contributed by atoms with van der Waals surface area (Å²) >= 11 is 0. The molecule has 1 aliphatic carbocycles. The third-order valence-corrected chi connectivity index (χ3v) is 6.08. The fourth-order valence-corrected chi connectivity index (χ4v) is 4.29. The molecule has 0 unspecified atom stereocenters. The van der Waals surface area contributed by atoms with Crippen molar-refractivity contribution >= 4 is 11.6 Å². The van der Waals surface area contributed by atoms with Crippen molar-refractivity contribution in [1.29, 1.82) is 0 Å². The smallest absolute Gasteiger partial charge is 0.389 e. The highest BCUT2D eigenvalue weighted by molar-refractivity contribution is 5.97. The molecule has 180 valence electrons.